The van der Waals surface area contributed by atoms with Crippen LogP contribution in [0.5, 0.6) is 0 Å². The molecule has 0 bridgehead atoms. The molecule has 3 aromatic rings. The summed E-state index contributed by atoms with van der Waals surface area (Å²) in [4.78, 5) is 31.6. The molecule has 1 unspecified atom stereocenters. The number of amides is 2. The monoisotopic (exact) mass is 480 g/mol. The van der Waals surface area contributed by atoms with E-state index in [-0.39, 0.29) is 23.9 Å². The third kappa shape index (κ3) is 4.34. The zero-order valence-electron chi connectivity index (χ0n) is 19.5. The number of nitrogens with zero attached hydrogens (tertiary/aromatic N) is 4. The summed E-state index contributed by atoms with van der Waals surface area (Å²) in [5.41, 5.74) is 4.45. The second-order valence-corrected chi connectivity index (χ2v) is 9.60. The lowest BCUT2D eigenvalue weighted by atomic mass is 10.0. The average Bonchev–Trinajstić information content (AvgIpc) is 3.42. The smallest absolute Gasteiger partial charge is 0.255 e. The minimum absolute atomic E-state index is 0.0154. The van der Waals surface area contributed by atoms with Gasteiger partial charge in [0.25, 0.3) is 5.91 Å². The SMILES string of the molecule is CCn1ncc2c(NC3CCN(C(C)=O)CC3)c(C(=O)NC3Cc4ccc(Cl)cc4C3)cnc21. The second-order valence-electron chi connectivity index (χ2n) is 9.16. The van der Waals surface area contributed by atoms with Gasteiger partial charge in [0, 0.05) is 49.9 Å². The zero-order valence-corrected chi connectivity index (χ0v) is 20.2. The summed E-state index contributed by atoms with van der Waals surface area (Å²) in [6, 6.07) is 6.10. The number of aryl methyl sites for hydroxylation is 1. The third-order valence-electron chi connectivity index (χ3n) is 6.94. The maximum Gasteiger partial charge on any atom is 0.255 e. The highest BCUT2D eigenvalue weighted by atomic mass is 35.5. The minimum Gasteiger partial charge on any atom is -0.381 e. The molecule has 2 aromatic heterocycles. The predicted octanol–water partition coefficient (Wildman–Crippen LogP) is 3.42. The van der Waals surface area contributed by atoms with Crippen LogP contribution in [0.25, 0.3) is 11.0 Å². The lowest BCUT2D eigenvalue weighted by Gasteiger charge is -2.32. The Bertz CT molecular complexity index is 1250. The van der Waals surface area contributed by atoms with Crippen molar-refractivity contribution < 1.29 is 9.59 Å². The second kappa shape index (κ2) is 9.25. The molecule has 5 rings (SSSR count). The van der Waals surface area contributed by atoms with Gasteiger partial charge in [0.1, 0.15) is 0 Å². The Balaban J connectivity index is 1.39. The van der Waals surface area contributed by atoms with Crippen LogP contribution in [0.15, 0.2) is 30.6 Å². The van der Waals surface area contributed by atoms with Crippen LogP contribution in [0, 0.1) is 0 Å². The topological polar surface area (TPSA) is 92.2 Å². The Morgan fingerprint density at radius 3 is 2.62 bits per heavy atom. The van der Waals surface area contributed by atoms with Crippen molar-refractivity contribution >= 4 is 40.1 Å². The molecule has 1 fully saturated rings. The molecule has 1 atom stereocenters. The number of aromatic nitrogens is 3. The van der Waals surface area contributed by atoms with Gasteiger partial charge < -0.3 is 15.5 Å². The number of carbonyl (C=O) groups is 2. The van der Waals surface area contributed by atoms with Gasteiger partial charge in [-0.15, -0.1) is 0 Å². The van der Waals surface area contributed by atoms with Gasteiger partial charge in [-0.3, -0.25) is 9.59 Å². The molecule has 2 aliphatic rings. The molecule has 8 nitrogen and oxygen atoms in total. The van der Waals surface area contributed by atoms with E-state index in [2.05, 4.69) is 20.7 Å². The lowest BCUT2D eigenvalue weighted by molar-refractivity contribution is -0.129. The number of piperidine rings is 1. The van der Waals surface area contributed by atoms with Crippen LogP contribution in [0.3, 0.4) is 0 Å². The Morgan fingerprint density at radius 1 is 1.12 bits per heavy atom. The fourth-order valence-electron chi connectivity index (χ4n) is 5.08. The summed E-state index contributed by atoms with van der Waals surface area (Å²) in [5, 5.41) is 12.8. The first-order valence-electron chi connectivity index (χ1n) is 11.9. The van der Waals surface area contributed by atoms with Gasteiger partial charge in [0.05, 0.1) is 22.8 Å². The molecule has 2 amide bonds. The van der Waals surface area contributed by atoms with Crippen molar-refractivity contribution in [3.63, 3.8) is 0 Å². The number of benzene rings is 1. The number of nitrogens with one attached hydrogen (secondary N) is 2. The van der Waals surface area contributed by atoms with Crippen LogP contribution in [0.2, 0.25) is 5.02 Å². The summed E-state index contributed by atoms with van der Waals surface area (Å²) in [6.45, 7) is 5.74. The first-order valence-corrected chi connectivity index (χ1v) is 12.3. The highest BCUT2D eigenvalue weighted by molar-refractivity contribution is 6.30. The van der Waals surface area contributed by atoms with Crippen molar-refractivity contribution in [3.8, 4) is 0 Å². The van der Waals surface area contributed by atoms with Crippen LogP contribution >= 0.6 is 11.6 Å². The van der Waals surface area contributed by atoms with Crippen molar-refractivity contribution in [2.75, 3.05) is 18.4 Å². The molecular formula is C25H29ClN6O2. The van der Waals surface area contributed by atoms with Crippen LogP contribution in [0.1, 0.15) is 48.2 Å². The molecule has 3 heterocycles. The van der Waals surface area contributed by atoms with Crippen LogP contribution < -0.4 is 10.6 Å². The van der Waals surface area contributed by atoms with Gasteiger partial charge in [-0.1, -0.05) is 17.7 Å². The average molecular weight is 481 g/mol. The van der Waals surface area contributed by atoms with E-state index in [0.29, 0.717) is 25.2 Å². The van der Waals surface area contributed by atoms with E-state index < -0.39 is 0 Å². The summed E-state index contributed by atoms with van der Waals surface area (Å²) >= 11 is 6.15. The maximum absolute atomic E-state index is 13.4. The van der Waals surface area contributed by atoms with E-state index in [0.717, 1.165) is 47.4 Å². The highest BCUT2D eigenvalue weighted by Gasteiger charge is 2.27. The normalized spacial score (nSPS) is 18.2. The summed E-state index contributed by atoms with van der Waals surface area (Å²) in [7, 11) is 0. The number of fused-ring (bicyclic) bond motifs is 2. The number of halogens is 1. The number of rotatable bonds is 5. The fraction of sp³-hybridized carbons (Fsp3) is 0.440. The molecule has 34 heavy (non-hydrogen) atoms. The molecule has 1 aromatic carbocycles. The van der Waals surface area contributed by atoms with Gasteiger partial charge in [-0.05, 0) is 55.9 Å². The number of pyridine rings is 1. The Hall–Kier alpha value is -3.13. The number of hydrogen-bond donors (Lipinski definition) is 2. The summed E-state index contributed by atoms with van der Waals surface area (Å²) in [6.07, 6.45) is 6.63. The van der Waals surface area contributed by atoms with E-state index in [1.807, 2.05) is 34.7 Å². The van der Waals surface area contributed by atoms with Gasteiger partial charge in [0.15, 0.2) is 5.65 Å². The van der Waals surface area contributed by atoms with Crippen LogP contribution in [-0.4, -0.2) is 56.7 Å². The molecule has 0 spiro atoms. The van der Waals surface area contributed by atoms with E-state index in [1.165, 1.54) is 11.1 Å². The van der Waals surface area contributed by atoms with Gasteiger partial charge in [-0.25, -0.2) is 9.67 Å². The van der Waals surface area contributed by atoms with Crippen LogP contribution in [-0.2, 0) is 24.2 Å². The lowest BCUT2D eigenvalue weighted by Crippen LogP contribution is -2.42. The van der Waals surface area contributed by atoms with E-state index in [9.17, 15) is 9.59 Å². The van der Waals surface area contributed by atoms with Crippen molar-refractivity contribution in [2.45, 2.75) is 58.2 Å². The Morgan fingerprint density at radius 2 is 1.88 bits per heavy atom. The number of hydrogen-bond acceptors (Lipinski definition) is 5. The van der Waals surface area contributed by atoms with Gasteiger partial charge >= 0.3 is 0 Å². The molecule has 0 saturated carbocycles. The standard InChI is InChI=1S/C25H29ClN6O2/c1-3-32-24-21(14-28-32)23(29-19-6-8-31(9-7-19)15(2)33)22(13-27-24)25(34)30-20-11-16-4-5-18(26)10-17(16)12-20/h4-5,10,13-14,19-20H,3,6-9,11-12H2,1-2H3,(H,27,29)(H,30,34). The molecule has 1 aliphatic carbocycles. The van der Waals surface area contributed by atoms with Crippen LogP contribution in [0.4, 0.5) is 5.69 Å². The molecule has 2 N–H and O–H groups in total. The van der Waals surface area contributed by atoms with E-state index >= 15 is 0 Å². The molecule has 0 radical (unpaired) electrons. The number of anilines is 1. The van der Waals surface area contributed by atoms with Crippen molar-refractivity contribution in [3.05, 3.63) is 52.3 Å². The third-order valence-corrected chi connectivity index (χ3v) is 7.17. The molecular weight excluding hydrogens is 452 g/mol. The molecule has 178 valence electrons. The first-order chi connectivity index (χ1) is 16.4. The molecule has 1 saturated heterocycles. The number of likely N-dealkylation sites (tertiary alicyclic amines) is 1. The zero-order chi connectivity index (χ0) is 23.8. The van der Waals surface area contributed by atoms with Crippen molar-refractivity contribution in [2.24, 2.45) is 0 Å². The van der Waals surface area contributed by atoms with Gasteiger partial charge in [0.2, 0.25) is 5.91 Å². The highest BCUT2D eigenvalue weighted by Crippen LogP contribution is 2.30. The van der Waals surface area contributed by atoms with Crippen molar-refractivity contribution in [1.82, 2.24) is 25.0 Å². The number of carbonyl (C=O) groups excluding carboxylic acids is 2. The first kappa shape index (κ1) is 22.7. The molecule has 9 heteroatoms. The largest absolute Gasteiger partial charge is 0.381 e. The van der Waals surface area contributed by atoms with Crippen molar-refractivity contribution in [1.29, 1.82) is 0 Å². The van der Waals surface area contributed by atoms with E-state index in [4.69, 9.17) is 11.6 Å². The predicted molar refractivity (Wildman–Crippen MR) is 132 cm³/mol. The summed E-state index contributed by atoms with van der Waals surface area (Å²) in [5.74, 6) is -0.0425. The Kier molecular flexibility index (Phi) is 6.16. The van der Waals surface area contributed by atoms with E-state index in [1.54, 1.807) is 19.3 Å². The van der Waals surface area contributed by atoms with Gasteiger partial charge in [-0.2, -0.15) is 5.10 Å². The minimum atomic E-state index is -0.147. The maximum atomic E-state index is 13.4. The summed E-state index contributed by atoms with van der Waals surface area (Å²) < 4.78 is 1.83. The molecule has 1 aliphatic heterocycles. The Labute approximate surface area is 203 Å². The quantitative estimate of drug-likeness (QED) is 0.583. The fourth-order valence-corrected chi connectivity index (χ4v) is 5.28.